The van der Waals surface area contributed by atoms with E-state index in [-0.39, 0.29) is 32.3 Å². The van der Waals surface area contributed by atoms with Gasteiger partial charge >= 0.3 is 0 Å². The first-order valence-corrected chi connectivity index (χ1v) is 18.0. The Labute approximate surface area is 287 Å². The van der Waals surface area contributed by atoms with Crippen molar-refractivity contribution in [1.82, 2.24) is 0 Å². The van der Waals surface area contributed by atoms with Gasteiger partial charge in [-0.2, -0.15) is 0 Å². The Morgan fingerprint density at radius 2 is 0.978 bits per heavy atom. The average Bonchev–Trinajstić information content (AvgIpc) is 2.87. The van der Waals surface area contributed by atoms with Gasteiger partial charge in [0, 0.05) is 32.0 Å². The van der Waals surface area contributed by atoms with Crippen molar-refractivity contribution in [3.8, 4) is 11.5 Å². The predicted molar refractivity (Wildman–Crippen MR) is 193 cm³/mol. The van der Waals surface area contributed by atoms with Gasteiger partial charge in [-0.3, -0.25) is 0 Å². The molecule has 8 heteroatoms. The molecule has 0 saturated carbocycles. The summed E-state index contributed by atoms with van der Waals surface area (Å²) in [5.41, 5.74) is 3.11. The van der Waals surface area contributed by atoms with Crippen LogP contribution in [-0.4, -0.2) is 61.6 Å². The lowest BCUT2D eigenvalue weighted by atomic mass is 9.79. The SMILES string of the molecule is CC1OC(COc2c(C(C)(C)C)cc(SC(C)(C)Sc3cc(C(C)(C)C)c(O)c(C(C)(C)C)c3)cc2C(C)(C)C)C(O)C(O)C1O. The molecule has 1 aliphatic heterocycles. The number of ether oxygens (including phenoxy) is 2. The van der Waals surface area contributed by atoms with Crippen LogP contribution < -0.4 is 4.74 Å². The van der Waals surface area contributed by atoms with Gasteiger partial charge in [0.1, 0.15) is 42.5 Å². The third-order valence-electron chi connectivity index (χ3n) is 8.45. The van der Waals surface area contributed by atoms with Crippen LogP contribution in [0.3, 0.4) is 0 Å². The number of phenols is 1. The molecule has 6 nitrogen and oxygen atoms in total. The molecule has 3 rings (SSSR count). The van der Waals surface area contributed by atoms with Gasteiger partial charge in [-0.05, 0) is 66.7 Å². The number of rotatable bonds is 7. The summed E-state index contributed by atoms with van der Waals surface area (Å²) in [5, 5.41) is 42.5. The maximum atomic E-state index is 11.3. The van der Waals surface area contributed by atoms with Crippen molar-refractivity contribution in [3.63, 3.8) is 0 Å². The second-order valence-electron chi connectivity index (χ2n) is 17.5. The van der Waals surface area contributed by atoms with Crippen molar-refractivity contribution < 1.29 is 29.9 Å². The van der Waals surface area contributed by atoms with Gasteiger partial charge in [0.15, 0.2) is 0 Å². The van der Waals surface area contributed by atoms with Crippen molar-refractivity contribution in [2.45, 2.75) is 170 Å². The van der Waals surface area contributed by atoms with Gasteiger partial charge < -0.3 is 29.9 Å². The molecule has 46 heavy (non-hydrogen) atoms. The summed E-state index contributed by atoms with van der Waals surface area (Å²) in [6, 6.07) is 8.73. The number of phenolic OH excluding ortho intramolecular Hbond substituents is 1. The van der Waals surface area contributed by atoms with Gasteiger partial charge in [0.25, 0.3) is 0 Å². The van der Waals surface area contributed by atoms with E-state index < -0.39 is 30.5 Å². The van der Waals surface area contributed by atoms with Crippen molar-refractivity contribution in [2.24, 2.45) is 0 Å². The molecule has 5 atom stereocenters. The maximum absolute atomic E-state index is 11.3. The second-order valence-corrected chi connectivity index (χ2v) is 21.1. The quantitative estimate of drug-likeness (QED) is 0.171. The van der Waals surface area contributed by atoms with E-state index in [2.05, 4.69) is 121 Å². The first kappa shape index (κ1) is 39.0. The Morgan fingerprint density at radius 1 is 0.609 bits per heavy atom. The highest BCUT2D eigenvalue weighted by atomic mass is 32.2. The third kappa shape index (κ3) is 9.17. The Bertz CT molecular complexity index is 1300. The fourth-order valence-corrected chi connectivity index (χ4v) is 8.36. The smallest absolute Gasteiger partial charge is 0.126 e. The molecular formula is C38H60O6S2. The minimum Gasteiger partial charge on any atom is -0.507 e. The first-order chi connectivity index (χ1) is 20.6. The number of thioether (sulfide) groups is 2. The topological polar surface area (TPSA) is 99.4 Å². The molecule has 0 amide bonds. The van der Waals surface area contributed by atoms with Gasteiger partial charge in [0.05, 0.1) is 10.2 Å². The monoisotopic (exact) mass is 676 g/mol. The normalized spacial score (nSPS) is 23.5. The zero-order valence-electron chi connectivity index (χ0n) is 30.8. The number of hydrogen-bond donors (Lipinski definition) is 4. The Kier molecular flexibility index (Phi) is 11.4. The molecular weight excluding hydrogens is 617 g/mol. The molecule has 2 aromatic rings. The maximum Gasteiger partial charge on any atom is 0.126 e. The fraction of sp³-hybridized carbons (Fsp3) is 0.684. The Balaban J connectivity index is 2.03. The van der Waals surface area contributed by atoms with Crippen LogP contribution in [0, 0.1) is 0 Å². The van der Waals surface area contributed by atoms with Crippen LogP contribution in [0.1, 0.15) is 126 Å². The fourth-order valence-electron chi connectivity index (χ4n) is 5.77. The van der Waals surface area contributed by atoms with E-state index in [0.717, 1.165) is 37.8 Å². The lowest BCUT2D eigenvalue weighted by Gasteiger charge is -2.39. The van der Waals surface area contributed by atoms with Crippen LogP contribution in [0.15, 0.2) is 34.1 Å². The van der Waals surface area contributed by atoms with Crippen LogP contribution >= 0.6 is 23.5 Å². The van der Waals surface area contributed by atoms with E-state index >= 15 is 0 Å². The molecule has 0 spiro atoms. The molecule has 0 aromatic heterocycles. The van der Waals surface area contributed by atoms with Crippen LogP contribution in [0.25, 0.3) is 0 Å². The Hall–Kier alpha value is -1.42. The number of aliphatic hydroxyl groups is 3. The van der Waals surface area contributed by atoms with Crippen molar-refractivity contribution in [2.75, 3.05) is 6.61 Å². The minimum absolute atomic E-state index is 0.0440. The van der Waals surface area contributed by atoms with E-state index in [1.165, 1.54) is 0 Å². The molecule has 0 aliphatic carbocycles. The number of benzene rings is 2. The van der Waals surface area contributed by atoms with Crippen molar-refractivity contribution >= 4 is 23.5 Å². The molecule has 0 bridgehead atoms. The van der Waals surface area contributed by atoms with E-state index in [1.807, 2.05) is 11.8 Å². The number of hydrogen-bond acceptors (Lipinski definition) is 8. The van der Waals surface area contributed by atoms with Gasteiger partial charge in [-0.1, -0.05) is 83.1 Å². The van der Waals surface area contributed by atoms with Crippen LogP contribution in [0.5, 0.6) is 11.5 Å². The van der Waals surface area contributed by atoms with Gasteiger partial charge in [-0.15, -0.1) is 23.5 Å². The standard InChI is InChI=1S/C38H60O6S2/c1-21-29(39)32(42)31(41)28(44-21)20-43-33-26(36(8,9)10)18-23(19-27(33)37(11,12)13)46-38(14,15)45-22-16-24(34(2,3)4)30(40)25(17-22)35(5,6)7/h16-19,21,28-29,31-32,39-42H,20H2,1-15H3. The third-order valence-corrected chi connectivity index (χ3v) is 10.9. The molecule has 1 fully saturated rings. The summed E-state index contributed by atoms with van der Waals surface area (Å²) in [6.07, 6.45) is -5.11. The molecule has 1 heterocycles. The summed E-state index contributed by atoms with van der Waals surface area (Å²) >= 11 is 3.61. The molecule has 2 aromatic carbocycles. The highest BCUT2D eigenvalue weighted by molar-refractivity contribution is 8.18. The van der Waals surface area contributed by atoms with Gasteiger partial charge in [-0.25, -0.2) is 0 Å². The zero-order valence-corrected chi connectivity index (χ0v) is 32.5. The largest absolute Gasteiger partial charge is 0.507 e. The Morgan fingerprint density at radius 3 is 1.35 bits per heavy atom. The van der Waals surface area contributed by atoms with Crippen LogP contribution in [0.2, 0.25) is 0 Å². The molecule has 0 radical (unpaired) electrons. The summed E-state index contributed by atoms with van der Waals surface area (Å²) < 4.78 is 12.1. The van der Waals surface area contributed by atoms with E-state index in [0.29, 0.717) is 5.75 Å². The van der Waals surface area contributed by atoms with E-state index in [4.69, 9.17) is 9.47 Å². The minimum atomic E-state index is -1.30. The second kappa shape index (κ2) is 13.5. The molecule has 5 unspecified atom stereocenters. The predicted octanol–water partition coefficient (Wildman–Crippen LogP) is 8.45. The van der Waals surface area contributed by atoms with Gasteiger partial charge in [0.2, 0.25) is 0 Å². The lowest BCUT2D eigenvalue weighted by Crippen LogP contribution is -2.58. The summed E-state index contributed by atoms with van der Waals surface area (Å²) in [4.78, 5) is 2.26. The van der Waals surface area contributed by atoms with Crippen LogP contribution in [-0.2, 0) is 26.4 Å². The van der Waals surface area contributed by atoms with Crippen molar-refractivity contribution in [3.05, 3.63) is 46.5 Å². The molecule has 1 aliphatic rings. The summed E-state index contributed by atoms with van der Waals surface area (Å²) in [5.74, 6) is 1.16. The highest BCUT2D eigenvalue weighted by Crippen LogP contribution is 2.51. The number of aromatic hydroxyl groups is 1. The average molecular weight is 677 g/mol. The molecule has 1 saturated heterocycles. The van der Waals surface area contributed by atoms with Crippen molar-refractivity contribution in [1.29, 1.82) is 0 Å². The van der Waals surface area contributed by atoms with E-state index in [1.54, 1.807) is 18.7 Å². The zero-order chi connectivity index (χ0) is 35.4. The first-order valence-electron chi connectivity index (χ1n) is 16.4. The molecule has 4 N–H and O–H groups in total. The molecule has 260 valence electrons. The summed E-state index contributed by atoms with van der Waals surface area (Å²) in [6.45, 7) is 32.1. The van der Waals surface area contributed by atoms with Crippen LogP contribution in [0.4, 0.5) is 0 Å². The highest BCUT2D eigenvalue weighted by Gasteiger charge is 2.42. The lowest BCUT2D eigenvalue weighted by molar-refractivity contribution is -0.222. The summed E-state index contributed by atoms with van der Waals surface area (Å²) in [7, 11) is 0. The number of aliphatic hydroxyl groups excluding tert-OH is 3. The van der Waals surface area contributed by atoms with E-state index in [9.17, 15) is 20.4 Å².